The molecule has 0 aromatic carbocycles. The largest absolute Gasteiger partial charge is 0.447 e. The Bertz CT molecular complexity index is 499. The first-order valence-corrected chi connectivity index (χ1v) is 7.52. The zero-order valence-corrected chi connectivity index (χ0v) is 12.0. The molecule has 2 aliphatic rings. The summed E-state index contributed by atoms with van der Waals surface area (Å²) in [6.07, 6.45) is 1.33. The first-order chi connectivity index (χ1) is 9.66. The molecule has 0 bridgehead atoms. The average molecular weight is 296 g/mol. The number of carbonyl (C=O) groups is 2. The summed E-state index contributed by atoms with van der Waals surface area (Å²) in [7, 11) is 0. The van der Waals surface area contributed by atoms with Crippen molar-refractivity contribution < 1.29 is 14.3 Å². The quantitative estimate of drug-likeness (QED) is 0.813. The minimum atomic E-state index is -0.231. The van der Waals surface area contributed by atoms with E-state index in [1.807, 2.05) is 11.8 Å². The second-order valence-corrected chi connectivity index (χ2v) is 5.76. The maximum absolute atomic E-state index is 12.1. The Hall–Kier alpha value is -1.70. The third-order valence-electron chi connectivity index (χ3n) is 3.86. The number of aromatic nitrogens is 2. The van der Waals surface area contributed by atoms with Gasteiger partial charge in [-0.15, -0.1) is 5.10 Å². The number of cyclic esters (lactones) is 1. The fraction of sp³-hybridized carbons (Fsp3) is 0.667. The topological polar surface area (TPSA) is 75.6 Å². The maximum atomic E-state index is 12.1. The number of amides is 2. The zero-order valence-electron chi connectivity index (χ0n) is 11.2. The van der Waals surface area contributed by atoms with Gasteiger partial charge in [-0.1, -0.05) is 4.49 Å². The molecular weight excluding hydrogens is 280 g/mol. The van der Waals surface area contributed by atoms with E-state index >= 15 is 0 Å². The highest BCUT2D eigenvalue weighted by molar-refractivity contribution is 7.03. The molecule has 2 fully saturated rings. The van der Waals surface area contributed by atoms with Gasteiger partial charge in [0.1, 0.15) is 6.61 Å². The van der Waals surface area contributed by atoms with E-state index in [1.165, 1.54) is 11.5 Å². The molecule has 0 aliphatic carbocycles. The summed E-state index contributed by atoms with van der Waals surface area (Å²) in [6, 6.07) is 0.287. The van der Waals surface area contributed by atoms with Gasteiger partial charge < -0.3 is 9.64 Å². The lowest BCUT2D eigenvalue weighted by Gasteiger charge is -2.36. The van der Waals surface area contributed by atoms with Gasteiger partial charge in [-0.2, -0.15) is 0 Å². The van der Waals surface area contributed by atoms with Crippen molar-refractivity contribution in [1.29, 1.82) is 0 Å². The number of rotatable bonds is 2. The molecule has 0 spiro atoms. The van der Waals surface area contributed by atoms with Gasteiger partial charge in [0.25, 0.3) is 5.91 Å². The van der Waals surface area contributed by atoms with Crippen LogP contribution >= 0.6 is 11.5 Å². The molecule has 7 nitrogen and oxygen atoms in total. The van der Waals surface area contributed by atoms with Crippen LogP contribution in [0.1, 0.15) is 30.3 Å². The number of ether oxygens (including phenoxy) is 1. The van der Waals surface area contributed by atoms with Crippen molar-refractivity contribution in [1.82, 2.24) is 19.4 Å². The summed E-state index contributed by atoms with van der Waals surface area (Å²) in [5, 5.41) is 5.47. The monoisotopic (exact) mass is 296 g/mol. The zero-order chi connectivity index (χ0) is 14.1. The third-order valence-corrected chi connectivity index (χ3v) is 4.36. The summed E-state index contributed by atoms with van der Waals surface area (Å²) < 4.78 is 8.76. The van der Waals surface area contributed by atoms with Crippen LogP contribution < -0.4 is 0 Å². The number of piperidine rings is 1. The van der Waals surface area contributed by atoms with Gasteiger partial charge in [0.2, 0.25) is 0 Å². The van der Waals surface area contributed by atoms with Crippen molar-refractivity contribution in [3.05, 3.63) is 11.1 Å². The van der Waals surface area contributed by atoms with Crippen molar-refractivity contribution in [2.45, 2.75) is 31.8 Å². The highest BCUT2D eigenvalue weighted by atomic mass is 32.1. The average Bonchev–Trinajstić information content (AvgIpc) is 3.09. The number of carbonyl (C=O) groups excluding carboxylic acids is 2. The molecule has 8 heteroatoms. The normalized spacial score (nSPS) is 24.1. The number of nitrogens with zero attached hydrogens (tertiary/aromatic N) is 4. The van der Waals surface area contributed by atoms with Crippen LogP contribution in [0.5, 0.6) is 0 Å². The molecule has 0 N–H and O–H groups in total. The number of hydrogen-bond donors (Lipinski definition) is 0. The highest BCUT2D eigenvalue weighted by Crippen LogP contribution is 2.24. The Kier molecular flexibility index (Phi) is 3.56. The molecule has 1 aromatic heterocycles. The summed E-state index contributed by atoms with van der Waals surface area (Å²) in [5.41, 5.74) is 0.405. The van der Waals surface area contributed by atoms with Crippen LogP contribution in [0.15, 0.2) is 5.38 Å². The van der Waals surface area contributed by atoms with Crippen molar-refractivity contribution in [2.24, 2.45) is 0 Å². The second kappa shape index (κ2) is 5.35. The third kappa shape index (κ3) is 2.35. The van der Waals surface area contributed by atoms with E-state index in [0.717, 1.165) is 12.8 Å². The molecule has 0 radical (unpaired) electrons. The van der Waals surface area contributed by atoms with Crippen LogP contribution in [0.2, 0.25) is 0 Å². The molecule has 0 saturated carbocycles. The lowest BCUT2D eigenvalue weighted by molar-refractivity contribution is 0.0636. The molecule has 3 rings (SSSR count). The first kappa shape index (κ1) is 13.3. The van der Waals surface area contributed by atoms with Gasteiger partial charge in [0.05, 0.1) is 6.04 Å². The Morgan fingerprint density at radius 3 is 2.75 bits per heavy atom. The van der Waals surface area contributed by atoms with Crippen molar-refractivity contribution in [3.8, 4) is 0 Å². The molecule has 2 saturated heterocycles. The Morgan fingerprint density at radius 2 is 2.20 bits per heavy atom. The lowest BCUT2D eigenvalue weighted by Crippen LogP contribution is -2.49. The van der Waals surface area contributed by atoms with E-state index in [9.17, 15) is 9.59 Å². The molecule has 1 unspecified atom stereocenters. The van der Waals surface area contributed by atoms with Crippen LogP contribution in [0, 0.1) is 0 Å². The lowest BCUT2D eigenvalue weighted by atomic mass is 10.0. The minimum Gasteiger partial charge on any atom is -0.447 e. The van der Waals surface area contributed by atoms with Crippen molar-refractivity contribution in [2.75, 3.05) is 19.7 Å². The van der Waals surface area contributed by atoms with Crippen LogP contribution in [-0.2, 0) is 4.74 Å². The maximum Gasteiger partial charge on any atom is 0.410 e. The molecule has 3 heterocycles. The van der Waals surface area contributed by atoms with Crippen molar-refractivity contribution in [3.63, 3.8) is 0 Å². The summed E-state index contributed by atoms with van der Waals surface area (Å²) in [6.45, 7) is 3.72. The van der Waals surface area contributed by atoms with E-state index in [2.05, 4.69) is 9.59 Å². The molecular formula is C12H16N4O3S. The van der Waals surface area contributed by atoms with Gasteiger partial charge in [-0.05, 0) is 31.3 Å². The molecule has 2 aliphatic heterocycles. The van der Waals surface area contributed by atoms with Gasteiger partial charge in [0.15, 0.2) is 5.69 Å². The minimum absolute atomic E-state index is 0.0748. The standard InChI is InChI=1S/C12H16N4O3S/c1-8-6-19-12(18)16(8)9-2-4-15(5-3-9)11(17)10-7-20-14-13-10/h7-9H,2-6H2,1H3. The SMILES string of the molecule is CC1COC(=O)N1C1CCN(C(=O)c2csnn2)CC1. The molecule has 2 amide bonds. The van der Waals surface area contributed by atoms with Crippen molar-refractivity contribution >= 4 is 23.5 Å². The fourth-order valence-corrected chi connectivity index (χ4v) is 3.23. The smallest absolute Gasteiger partial charge is 0.410 e. The first-order valence-electron chi connectivity index (χ1n) is 6.68. The van der Waals surface area contributed by atoms with Gasteiger partial charge in [0, 0.05) is 24.5 Å². The van der Waals surface area contributed by atoms with E-state index in [-0.39, 0.29) is 24.1 Å². The van der Waals surface area contributed by atoms with Gasteiger partial charge >= 0.3 is 6.09 Å². The van der Waals surface area contributed by atoms with Crippen LogP contribution in [0.3, 0.4) is 0 Å². The summed E-state index contributed by atoms with van der Waals surface area (Å²) >= 11 is 1.18. The predicted octanol–water partition coefficient (Wildman–Crippen LogP) is 0.983. The summed E-state index contributed by atoms with van der Waals surface area (Å²) in [5.74, 6) is -0.0748. The fourth-order valence-electron chi connectivity index (χ4n) is 2.80. The molecule has 1 atom stereocenters. The van der Waals surface area contributed by atoms with Gasteiger partial charge in [-0.25, -0.2) is 4.79 Å². The predicted molar refractivity (Wildman–Crippen MR) is 71.5 cm³/mol. The molecule has 1 aromatic rings. The highest BCUT2D eigenvalue weighted by Gasteiger charge is 2.37. The van der Waals surface area contributed by atoms with Crippen LogP contribution in [-0.4, -0.2) is 63.2 Å². The molecule has 20 heavy (non-hydrogen) atoms. The molecule has 108 valence electrons. The van der Waals surface area contributed by atoms with Crippen LogP contribution in [0.4, 0.5) is 4.79 Å². The van der Waals surface area contributed by atoms with Gasteiger partial charge in [-0.3, -0.25) is 9.69 Å². The number of likely N-dealkylation sites (tertiary alicyclic amines) is 1. The van der Waals surface area contributed by atoms with E-state index < -0.39 is 0 Å². The van der Waals surface area contributed by atoms with E-state index in [0.29, 0.717) is 25.4 Å². The van der Waals surface area contributed by atoms with E-state index in [1.54, 1.807) is 10.3 Å². The Balaban J connectivity index is 1.60. The van der Waals surface area contributed by atoms with E-state index in [4.69, 9.17) is 4.74 Å². The summed E-state index contributed by atoms with van der Waals surface area (Å²) in [4.78, 5) is 27.4. The van der Waals surface area contributed by atoms with Crippen LogP contribution in [0.25, 0.3) is 0 Å². The Morgan fingerprint density at radius 1 is 1.45 bits per heavy atom. The Labute approximate surface area is 120 Å². The number of hydrogen-bond acceptors (Lipinski definition) is 6. The second-order valence-electron chi connectivity index (χ2n) is 5.15.